The Balaban J connectivity index is 1.12. The van der Waals surface area contributed by atoms with E-state index in [1.807, 2.05) is 6.07 Å². The number of carbonyl (C=O) groups is 2. The summed E-state index contributed by atoms with van der Waals surface area (Å²) < 4.78 is 0. The lowest BCUT2D eigenvalue weighted by Gasteiger charge is -2.58. The predicted octanol–water partition coefficient (Wildman–Crippen LogP) is 7.18. The molecule has 6 nitrogen and oxygen atoms in total. The number of benzene rings is 2. The average Bonchev–Trinajstić information content (AvgIpc) is 3.36. The fourth-order valence-electron chi connectivity index (χ4n) is 11.2. The largest absolute Gasteiger partial charge is 0.358 e. The summed E-state index contributed by atoms with van der Waals surface area (Å²) in [7, 11) is 2.14. The Labute approximate surface area is 274 Å². The molecule has 2 N–H and O–H groups in total. The number of rotatable bonds is 8. The van der Waals surface area contributed by atoms with E-state index in [0.29, 0.717) is 31.7 Å². The third kappa shape index (κ3) is 5.01. The number of nitrogens with one attached hydrogen (secondary N) is 2. The number of carbonyl (C=O) groups excluding carboxylic acids is 2. The number of para-hydroxylation sites is 1. The Morgan fingerprint density at radius 2 is 1.52 bits per heavy atom. The van der Waals surface area contributed by atoms with Crippen LogP contribution < -0.4 is 5.32 Å². The maximum absolute atomic E-state index is 15.0. The molecular formula is C40H52N4O2. The van der Waals surface area contributed by atoms with Crippen LogP contribution >= 0.6 is 0 Å². The fraction of sp³-hybridized carbons (Fsp3) is 0.600. The van der Waals surface area contributed by atoms with Gasteiger partial charge in [-0.25, -0.2) is 0 Å². The SMILES string of the molecule is Cc1[nH]c2ccccc2c1[C@@H]1[C@@H](CC(=O)N(Cc2ccccc2)C2(C(=O)NC34CC5CC(CC(C5)C3)C4)CCN(C)CC2)C1(C)C. The summed E-state index contributed by atoms with van der Waals surface area (Å²) in [6, 6.07) is 18.9. The van der Waals surface area contributed by atoms with Crippen molar-refractivity contribution in [1.29, 1.82) is 0 Å². The number of amides is 2. The molecule has 1 aromatic heterocycles. The van der Waals surface area contributed by atoms with Gasteiger partial charge < -0.3 is 20.1 Å². The van der Waals surface area contributed by atoms with Crippen molar-refractivity contribution < 1.29 is 9.59 Å². The Morgan fingerprint density at radius 3 is 2.17 bits per heavy atom. The molecule has 9 rings (SSSR count). The molecule has 0 unspecified atom stereocenters. The van der Waals surface area contributed by atoms with E-state index in [1.54, 1.807) is 0 Å². The van der Waals surface area contributed by atoms with Gasteiger partial charge >= 0.3 is 0 Å². The highest BCUT2D eigenvalue weighted by Gasteiger charge is 2.61. The zero-order valence-electron chi connectivity index (χ0n) is 28.3. The molecule has 1 saturated heterocycles. The highest BCUT2D eigenvalue weighted by molar-refractivity contribution is 5.93. The second-order valence-corrected chi connectivity index (χ2v) is 16.8. The van der Waals surface area contributed by atoms with Crippen molar-refractivity contribution in [2.45, 2.75) is 102 Å². The molecular weight excluding hydrogens is 568 g/mol. The number of aromatic nitrogens is 1. The van der Waals surface area contributed by atoms with Gasteiger partial charge in [0.25, 0.3) is 0 Å². The van der Waals surface area contributed by atoms with Crippen LogP contribution in [0.25, 0.3) is 10.9 Å². The minimum absolute atomic E-state index is 0.00516. The molecule has 2 atom stereocenters. The molecule has 2 heterocycles. The zero-order valence-corrected chi connectivity index (χ0v) is 28.3. The summed E-state index contributed by atoms with van der Waals surface area (Å²) in [4.78, 5) is 37.9. The van der Waals surface area contributed by atoms with E-state index < -0.39 is 5.54 Å². The number of aryl methyl sites for hydroxylation is 1. The number of piperidine rings is 1. The molecule has 1 aliphatic heterocycles. The number of aromatic amines is 1. The van der Waals surface area contributed by atoms with Crippen LogP contribution in [-0.4, -0.2) is 57.8 Å². The van der Waals surface area contributed by atoms with Crippen molar-refractivity contribution in [2.75, 3.05) is 20.1 Å². The van der Waals surface area contributed by atoms with Crippen LogP contribution in [0.1, 0.15) is 94.4 Å². The Kier molecular flexibility index (Phi) is 7.21. The Morgan fingerprint density at radius 1 is 0.913 bits per heavy atom. The monoisotopic (exact) mass is 620 g/mol. The van der Waals surface area contributed by atoms with Gasteiger partial charge in [-0.2, -0.15) is 0 Å². The topological polar surface area (TPSA) is 68.4 Å². The maximum Gasteiger partial charge on any atom is 0.246 e. The lowest BCUT2D eigenvalue weighted by atomic mass is 9.53. The molecule has 5 aliphatic carbocycles. The van der Waals surface area contributed by atoms with E-state index >= 15 is 0 Å². The van der Waals surface area contributed by atoms with Crippen LogP contribution in [0.15, 0.2) is 54.6 Å². The summed E-state index contributed by atoms with van der Waals surface area (Å²) in [5.41, 5.74) is 3.91. The van der Waals surface area contributed by atoms with E-state index in [2.05, 4.69) is 96.5 Å². The number of likely N-dealkylation sites (tertiary alicyclic amines) is 1. The van der Waals surface area contributed by atoms with Crippen molar-refractivity contribution >= 4 is 22.7 Å². The van der Waals surface area contributed by atoms with Crippen LogP contribution in [-0.2, 0) is 16.1 Å². The smallest absolute Gasteiger partial charge is 0.246 e. The third-order valence-corrected chi connectivity index (χ3v) is 13.4. The first-order valence-electron chi connectivity index (χ1n) is 18.0. The van der Waals surface area contributed by atoms with Gasteiger partial charge in [-0.15, -0.1) is 0 Å². The van der Waals surface area contributed by atoms with E-state index in [1.165, 1.54) is 41.4 Å². The standard InChI is InChI=1S/C40H52N4O2/c1-26-35(31-12-8-9-13-33(31)41-26)36-32(38(36,2)3)21-34(45)44(25-27-10-6-5-7-11-27)40(14-16-43(4)17-15-40)37(46)42-39-22-28-18-29(23-39)20-30(19-28)24-39/h5-13,28-30,32,36,41H,14-25H2,1-4H3,(H,42,46)/t28?,29?,30?,32-,36+,39?/m1/s1. The van der Waals surface area contributed by atoms with Gasteiger partial charge in [0.15, 0.2) is 0 Å². The summed E-state index contributed by atoms with van der Waals surface area (Å²) >= 11 is 0. The molecule has 0 radical (unpaired) electrons. The quantitative estimate of drug-likeness (QED) is 0.280. The number of hydrogen-bond acceptors (Lipinski definition) is 3. The van der Waals surface area contributed by atoms with E-state index in [0.717, 1.165) is 55.7 Å². The van der Waals surface area contributed by atoms with Crippen LogP contribution in [0.2, 0.25) is 0 Å². The van der Waals surface area contributed by atoms with Gasteiger partial charge in [-0.1, -0.05) is 62.4 Å². The summed E-state index contributed by atoms with van der Waals surface area (Å²) in [6.45, 7) is 8.93. The van der Waals surface area contributed by atoms with Gasteiger partial charge in [0.2, 0.25) is 11.8 Å². The van der Waals surface area contributed by atoms with Crippen molar-refractivity contribution in [3.63, 3.8) is 0 Å². The fourth-order valence-corrected chi connectivity index (χ4v) is 11.2. The summed E-state index contributed by atoms with van der Waals surface area (Å²) in [5, 5.41) is 5.03. The minimum Gasteiger partial charge on any atom is -0.358 e. The van der Waals surface area contributed by atoms with Gasteiger partial charge in [0, 0.05) is 48.2 Å². The molecule has 6 fully saturated rings. The van der Waals surface area contributed by atoms with Crippen LogP contribution in [0.4, 0.5) is 0 Å². The molecule has 6 heteroatoms. The highest BCUT2D eigenvalue weighted by atomic mass is 16.2. The Hall–Kier alpha value is -3.12. The van der Waals surface area contributed by atoms with Gasteiger partial charge in [0.1, 0.15) is 5.54 Å². The van der Waals surface area contributed by atoms with E-state index in [4.69, 9.17) is 0 Å². The second-order valence-electron chi connectivity index (χ2n) is 16.8. The molecule has 46 heavy (non-hydrogen) atoms. The van der Waals surface area contributed by atoms with Crippen molar-refractivity contribution in [3.05, 3.63) is 71.4 Å². The number of H-pyrrole nitrogens is 1. The van der Waals surface area contributed by atoms with Crippen LogP contribution in [0.3, 0.4) is 0 Å². The summed E-state index contributed by atoms with van der Waals surface area (Å²) in [6.07, 6.45) is 9.22. The van der Waals surface area contributed by atoms with Crippen molar-refractivity contribution in [2.24, 2.45) is 29.1 Å². The molecule has 6 aliphatic rings. The molecule has 0 spiro atoms. The molecule has 4 bridgehead atoms. The average molecular weight is 621 g/mol. The molecule has 2 amide bonds. The van der Waals surface area contributed by atoms with Gasteiger partial charge in [-0.3, -0.25) is 9.59 Å². The van der Waals surface area contributed by atoms with Crippen LogP contribution in [0.5, 0.6) is 0 Å². The predicted molar refractivity (Wildman–Crippen MR) is 183 cm³/mol. The molecule has 244 valence electrons. The first-order chi connectivity index (χ1) is 22.1. The molecule has 5 saturated carbocycles. The summed E-state index contributed by atoms with van der Waals surface area (Å²) in [5.74, 6) is 3.04. The lowest BCUT2D eigenvalue weighted by Crippen LogP contribution is -2.69. The van der Waals surface area contributed by atoms with Crippen molar-refractivity contribution in [3.8, 4) is 0 Å². The first kappa shape index (κ1) is 30.2. The zero-order chi connectivity index (χ0) is 31.8. The molecule has 3 aromatic rings. The second kappa shape index (κ2) is 11.0. The van der Waals surface area contributed by atoms with Crippen LogP contribution in [0, 0.1) is 36.0 Å². The van der Waals surface area contributed by atoms with E-state index in [-0.39, 0.29) is 28.7 Å². The highest BCUT2D eigenvalue weighted by Crippen LogP contribution is 2.67. The minimum atomic E-state index is -0.839. The van der Waals surface area contributed by atoms with E-state index in [9.17, 15) is 9.59 Å². The lowest BCUT2D eigenvalue weighted by molar-refractivity contribution is -0.155. The first-order valence-corrected chi connectivity index (χ1v) is 18.0. The van der Waals surface area contributed by atoms with Gasteiger partial charge in [-0.05, 0) is 118 Å². The van der Waals surface area contributed by atoms with Gasteiger partial charge in [0.05, 0.1) is 0 Å². The normalized spacial score (nSPS) is 32.4. The maximum atomic E-state index is 15.0. The van der Waals surface area contributed by atoms with Crippen molar-refractivity contribution in [1.82, 2.24) is 20.1 Å². The molecule has 2 aromatic carbocycles. The Bertz CT molecular complexity index is 1600. The number of fused-ring (bicyclic) bond motifs is 1. The number of nitrogens with zero attached hydrogens (tertiary/aromatic N) is 2. The third-order valence-electron chi connectivity index (χ3n) is 13.4. The number of hydrogen-bond donors (Lipinski definition) is 2.